The molecule has 1 aromatic heterocycles. The van der Waals surface area contributed by atoms with Crippen LogP contribution in [0.5, 0.6) is 0 Å². The van der Waals surface area contributed by atoms with Crippen LogP contribution in [0.25, 0.3) is 0 Å². The largest absolute Gasteiger partial charge is 0.341 e. The van der Waals surface area contributed by atoms with Crippen LogP contribution in [0.4, 0.5) is 5.69 Å². The average molecular weight is 345 g/mol. The summed E-state index contributed by atoms with van der Waals surface area (Å²) in [6.45, 7) is 0.0626. The first-order valence-electron chi connectivity index (χ1n) is 7.47. The van der Waals surface area contributed by atoms with Crippen molar-refractivity contribution in [3.63, 3.8) is 0 Å². The number of nitro benzene ring substituents is 1. The van der Waals surface area contributed by atoms with Crippen LogP contribution in [0.2, 0.25) is 0 Å². The Hall–Kier alpha value is -3.37. The van der Waals surface area contributed by atoms with Gasteiger partial charge < -0.3 is 10.2 Å². The van der Waals surface area contributed by atoms with Crippen molar-refractivity contribution in [2.75, 3.05) is 7.05 Å². The SMILES string of the molecule is CN1C(=O)C(Cn2ncnn2)NC(=O)C1Cc1ccccc1[N+](=O)[O-]. The molecule has 2 aromatic rings. The lowest BCUT2D eigenvalue weighted by atomic mass is 9.99. The molecule has 1 saturated heterocycles. The minimum Gasteiger partial charge on any atom is -0.341 e. The van der Waals surface area contributed by atoms with Gasteiger partial charge in [-0.1, -0.05) is 18.2 Å². The third kappa shape index (κ3) is 3.29. The third-order valence-electron chi connectivity index (χ3n) is 4.07. The van der Waals surface area contributed by atoms with Gasteiger partial charge in [0.05, 0.1) is 11.5 Å². The fraction of sp³-hybridized carbons (Fsp3) is 0.357. The van der Waals surface area contributed by atoms with Gasteiger partial charge >= 0.3 is 0 Å². The molecule has 2 amide bonds. The number of hydrogen-bond donors (Lipinski definition) is 1. The van der Waals surface area contributed by atoms with Crippen molar-refractivity contribution in [1.29, 1.82) is 0 Å². The molecule has 1 aliphatic heterocycles. The van der Waals surface area contributed by atoms with Crippen LogP contribution in [-0.4, -0.2) is 61.0 Å². The Kier molecular flexibility index (Phi) is 4.37. The molecule has 3 rings (SSSR count). The van der Waals surface area contributed by atoms with Crippen molar-refractivity contribution in [2.45, 2.75) is 25.0 Å². The van der Waals surface area contributed by atoms with E-state index in [2.05, 4.69) is 20.7 Å². The molecule has 1 N–H and O–H groups in total. The van der Waals surface area contributed by atoms with Gasteiger partial charge in [-0.2, -0.15) is 4.80 Å². The highest BCUT2D eigenvalue weighted by atomic mass is 16.6. The first-order valence-corrected chi connectivity index (χ1v) is 7.47. The van der Waals surface area contributed by atoms with Gasteiger partial charge in [0.2, 0.25) is 11.8 Å². The minimum atomic E-state index is -0.825. The first-order chi connectivity index (χ1) is 12.0. The van der Waals surface area contributed by atoms with Gasteiger partial charge in [-0.05, 0) is 5.21 Å². The molecule has 0 aliphatic carbocycles. The van der Waals surface area contributed by atoms with Crippen LogP contribution in [0.3, 0.4) is 0 Å². The van der Waals surface area contributed by atoms with Crippen LogP contribution >= 0.6 is 0 Å². The Morgan fingerprint density at radius 1 is 1.32 bits per heavy atom. The van der Waals surface area contributed by atoms with Gasteiger partial charge in [0.15, 0.2) is 6.33 Å². The van der Waals surface area contributed by atoms with Crippen LogP contribution in [-0.2, 0) is 22.6 Å². The molecule has 1 fully saturated rings. The molecule has 0 bridgehead atoms. The van der Waals surface area contributed by atoms with Gasteiger partial charge in [-0.15, -0.1) is 10.2 Å². The predicted molar refractivity (Wildman–Crippen MR) is 83.1 cm³/mol. The predicted octanol–water partition coefficient (Wildman–Crippen LogP) is -0.851. The van der Waals surface area contributed by atoms with Crippen molar-refractivity contribution < 1.29 is 14.5 Å². The molecule has 1 aromatic carbocycles. The quantitative estimate of drug-likeness (QED) is 0.550. The van der Waals surface area contributed by atoms with Gasteiger partial charge in [0.1, 0.15) is 12.1 Å². The fourth-order valence-corrected chi connectivity index (χ4v) is 2.76. The molecule has 0 saturated carbocycles. The number of nitrogens with one attached hydrogen (secondary N) is 1. The monoisotopic (exact) mass is 345 g/mol. The van der Waals surface area contributed by atoms with Gasteiger partial charge in [-0.25, -0.2) is 0 Å². The summed E-state index contributed by atoms with van der Waals surface area (Å²) < 4.78 is 0. The number of benzene rings is 1. The molecule has 0 radical (unpaired) electrons. The highest BCUT2D eigenvalue weighted by molar-refractivity contribution is 5.97. The zero-order valence-electron chi connectivity index (χ0n) is 13.3. The summed E-state index contributed by atoms with van der Waals surface area (Å²) >= 11 is 0. The molecule has 11 heteroatoms. The molecule has 11 nitrogen and oxygen atoms in total. The number of tetrazole rings is 1. The van der Waals surface area contributed by atoms with E-state index in [1.54, 1.807) is 18.2 Å². The number of amides is 2. The van der Waals surface area contributed by atoms with Crippen LogP contribution < -0.4 is 5.32 Å². The van der Waals surface area contributed by atoms with E-state index < -0.39 is 17.0 Å². The van der Waals surface area contributed by atoms with Gasteiger partial charge in [-0.3, -0.25) is 19.7 Å². The number of hydrogen-bond acceptors (Lipinski definition) is 7. The number of rotatable bonds is 5. The number of nitro groups is 1. The maximum atomic E-state index is 12.5. The lowest BCUT2D eigenvalue weighted by Gasteiger charge is -2.36. The standard InChI is InChI=1S/C14H15N7O4/c1-19-12(6-9-4-2-3-5-11(9)21(24)25)13(22)17-10(14(19)23)7-20-16-8-15-18-20/h2-5,8,10,12H,6-7H2,1H3,(H,17,22). The van der Waals surface area contributed by atoms with Crippen molar-refractivity contribution in [2.24, 2.45) is 0 Å². The van der Waals surface area contributed by atoms with E-state index in [9.17, 15) is 19.7 Å². The van der Waals surface area contributed by atoms with Crippen molar-refractivity contribution in [3.8, 4) is 0 Å². The molecule has 2 atom stereocenters. The Labute approximate surface area is 141 Å². The van der Waals surface area contributed by atoms with Gasteiger partial charge in [0, 0.05) is 25.1 Å². The number of para-hydroxylation sites is 1. The lowest BCUT2D eigenvalue weighted by molar-refractivity contribution is -0.385. The number of aromatic nitrogens is 4. The van der Waals surface area contributed by atoms with Gasteiger partial charge in [0.25, 0.3) is 5.69 Å². The summed E-state index contributed by atoms with van der Waals surface area (Å²) in [4.78, 5) is 38.1. The summed E-state index contributed by atoms with van der Waals surface area (Å²) in [5.74, 6) is -0.703. The van der Waals surface area contributed by atoms with E-state index in [4.69, 9.17) is 0 Å². The van der Waals surface area contributed by atoms with Crippen molar-refractivity contribution >= 4 is 17.5 Å². The number of carbonyl (C=O) groups excluding carboxylic acids is 2. The Morgan fingerprint density at radius 2 is 2.08 bits per heavy atom. The topological polar surface area (TPSA) is 136 Å². The zero-order valence-corrected chi connectivity index (χ0v) is 13.3. The maximum Gasteiger partial charge on any atom is 0.272 e. The number of likely N-dealkylation sites (N-methyl/N-ethyl adjacent to an activating group) is 1. The molecule has 1 aliphatic rings. The normalized spacial score (nSPS) is 20.4. The van der Waals surface area contributed by atoms with E-state index in [0.717, 1.165) is 0 Å². The Morgan fingerprint density at radius 3 is 2.76 bits per heavy atom. The molecule has 2 heterocycles. The van der Waals surface area contributed by atoms with Crippen LogP contribution in [0, 0.1) is 10.1 Å². The van der Waals surface area contributed by atoms with Crippen molar-refractivity contribution in [3.05, 3.63) is 46.3 Å². The number of piperazine rings is 1. The van der Waals surface area contributed by atoms with Crippen molar-refractivity contribution in [1.82, 2.24) is 30.4 Å². The van der Waals surface area contributed by atoms with Crippen LogP contribution in [0.15, 0.2) is 30.6 Å². The summed E-state index contributed by atoms with van der Waals surface area (Å²) in [5.41, 5.74) is 0.314. The zero-order chi connectivity index (χ0) is 18.0. The minimum absolute atomic E-state index is 0.0551. The Balaban J connectivity index is 1.77. The number of carbonyl (C=O) groups is 2. The van der Waals surface area contributed by atoms with E-state index in [0.29, 0.717) is 5.56 Å². The smallest absolute Gasteiger partial charge is 0.272 e. The molecular formula is C14H15N7O4. The molecule has 25 heavy (non-hydrogen) atoms. The highest BCUT2D eigenvalue weighted by Gasteiger charge is 2.39. The second kappa shape index (κ2) is 6.63. The van der Waals surface area contributed by atoms with E-state index in [1.165, 1.54) is 29.1 Å². The van der Waals surface area contributed by atoms with E-state index >= 15 is 0 Å². The second-order valence-corrected chi connectivity index (χ2v) is 5.61. The summed E-state index contributed by atoms with van der Waals surface area (Å²) in [6.07, 6.45) is 1.29. The third-order valence-corrected chi connectivity index (χ3v) is 4.07. The summed E-state index contributed by atoms with van der Waals surface area (Å²) in [6, 6.07) is 4.52. The maximum absolute atomic E-state index is 12.5. The molecule has 2 unspecified atom stereocenters. The molecule has 130 valence electrons. The summed E-state index contributed by atoms with van der Waals surface area (Å²) in [7, 11) is 1.50. The fourth-order valence-electron chi connectivity index (χ4n) is 2.76. The Bertz CT molecular complexity index is 807. The van der Waals surface area contributed by atoms with E-state index in [1.807, 2.05) is 0 Å². The lowest BCUT2D eigenvalue weighted by Crippen LogP contribution is -2.63. The number of nitrogens with zero attached hydrogens (tertiary/aromatic N) is 6. The second-order valence-electron chi connectivity index (χ2n) is 5.61. The summed E-state index contributed by atoms with van der Waals surface area (Å²) in [5, 5.41) is 24.8. The molecule has 0 spiro atoms. The van der Waals surface area contributed by atoms with E-state index in [-0.39, 0.29) is 30.5 Å². The first kappa shape index (κ1) is 16.5. The van der Waals surface area contributed by atoms with Crippen LogP contribution in [0.1, 0.15) is 5.56 Å². The molecular weight excluding hydrogens is 330 g/mol. The average Bonchev–Trinajstić information content (AvgIpc) is 3.09. The highest BCUT2D eigenvalue weighted by Crippen LogP contribution is 2.22.